The van der Waals surface area contributed by atoms with E-state index in [0.717, 1.165) is 12.8 Å². The number of halogens is 2. The van der Waals surface area contributed by atoms with Crippen LogP contribution in [0.4, 0.5) is 4.39 Å². The topological polar surface area (TPSA) is 0 Å². The van der Waals surface area contributed by atoms with Gasteiger partial charge in [0.25, 0.3) is 0 Å². The van der Waals surface area contributed by atoms with Gasteiger partial charge in [-0.3, -0.25) is 0 Å². The van der Waals surface area contributed by atoms with Crippen LogP contribution in [-0.4, -0.2) is 5.63 Å². The Morgan fingerprint density at radius 3 is 2.43 bits per heavy atom. The van der Waals surface area contributed by atoms with Crippen LogP contribution in [-0.2, 0) is 0 Å². The zero-order chi connectivity index (χ0) is 5.70. The lowest BCUT2D eigenvalue weighted by molar-refractivity contribution is 0.410. The van der Waals surface area contributed by atoms with Gasteiger partial charge in [0.1, 0.15) is 0 Å². The van der Waals surface area contributed by atoms with E-state index in [9.17, 15) is 4.39 Å². The Hall–Kier alpha value is 0.220. The number of rotatable bonds is 3. The van der Waals surface area contributed by atoms with E-state index in [0.29, 0.717) is 6.42 Å². The molecule has 0 spiro atoms. The van der Waals surface area contributed by atoms with Crippen LogP contribution in [0, 0.1) is 0 Å². The van der Waals surface area contributed by atoms with E-state index >= 15 is 0 Å². The van der Waals surface area contributed by atoms with E-state index in [1.165, 1.54) is 0 Å². The Kier molecular flexibility index (Phi) is 4.52. The number of hydrogen-bond acceptors (Lipinski definition) is 0. The molecule has 0 nitrogen and oxygen atoms in total. The van der Waals surface area contributed by atoms with Crippen LogP contribution in [0.1, 0.15) is 26.2 Å². The van der Waals surface area contributed by atoms with E-state index in [4.69, 9.17) is 11.6 Å². The Labute approximate surface area is 48.7 Å². The van der Waals surface area contributed by atoms with Crippen molar-refractivity contribution >= 4 is 11.6 Å². The molecular formula is C5H10ClF. The quantitative estimate of drug-likeness (QED) is 0.508. The first kappa shape index (κ1) is 7.22. The van der Waals surface area contributed by atoms with Crippen LogP contribution in [0.25, 0.3) is 0 Å². The van der Waals surface area contributed by atoms with Crippen molar-refractivity contribution in [3.05, 3.63) is 0 Å². The molecule has 1 atom stereocenters. The molecule has 0 saturated heterocycles. The van der Waals surface area contributed by atoms with Crippen molar-refractivity contribution in [2.24, 2.45) is 0 Å². The SMILES string of the molecule is CCCCC(F)Cl. The maximum Gasteiger partial charge on any atom is 0.173 e. The van der Waals surface area contributed by atoms with Crippen LogP contribution < -0.4 is 0 Å². The highest BCUT2D eigenvalue weighted by Gasteiger charge is 1.95. The van der Waals surface area contributed by atoms with E-state index in [2.05, 4.69) is 0 Å². The number of hydrogen-bond donors (Lipinski definition) is 0. The molecule has 0 heterocycles. The fraction of sp³-hybridized carbons (Fsp3) is 1.00. The zero-order valence-electron chi connectivity index (χ0n) is 4.45. The first-order valence-corrected chi connectivity index (χ1v) is 2.99. The summed E-state index contributed by atoms with van der Waals surface area (Å²) in [7, 11) is 0. The van der Waals surface area contributed by atoms with Gasteiger partial charge in [-0.15, -0.1) is 0 Å². The molecular weight excluding hydrogens is 115 g/mol. The highest BCUT2D eigenvalue weighted by molar-refractivity contribution is 6.19. The van der Waals surface area contributed by atoms with Crippen LogP contribution >= 0.6 is 11.6 Å². The molecule has 44 valence electrons. The third-order valence-corrected chi connectivity index (χ3v) is 0.994. The number of unbranched alkanes of at least 4 members (excludes halogenated alkanes) is 1. The van der Waals surface area contributed by atoms with Crippen molar-refractivity contribution < 1.29 is 4.39 Å². The molecule has 0 saturated carbocycles. The van der Waals surface area contributed by atoms with Crippen molar-refractivity contribution in [1.82, 2.24) is 0 Å². The summed E-state index contributed by atoms with van der Waals surface area (Å²) >= 11 is 4.99. The summed E-state index contributed by atoms with van der Waals surface area (Å²) in [5.41, 5.74) is -1.13. The molecule has 0 bridgehead atoms. The van der Waals surface area contributed by atoms with Crippen molar-refractivity contribution in [3.8, 4) is 0 Å². The zero-order valence-corrected chi connectivity index (χ0v) is 5.21. The van der Waals surface area contributed by atoms with Crippen molar-refractivity contribution in [1.29, 1.82) is 0 Å². The van der Waals surface area contributed by atoms with Crippen molar-refractivity contribution in [2.75, 3.05) is 0 Å². The Morgan fingerprint density at radius 1 is 1.71 bits per heavy atom. The van der Waals surface area contributed by atoms with Crippen LogP contribution in [0.5, 0.6) is 0 Å². The van der Waals surface area contributed by atoms with E-state index in [1.54, 1.807) is 0 Å². The van der Waals surface area contributed by atoms with Gasteiger partial charge in [0, 0.05) is 0 Å². The summed E-state index contributed by atoms with van der Waals surface area (Å²) in [5, 5.41) is 0. The fourth-order valence-electron chi connectivity index (χ4n) is 0.358. The molecule has 0 aromatic carbocycles. The maximum absolute atomic E-state index is 11.7. The highest BCUT2D eigenvalue weighted by Crippen LogP contribution is 2.06. The smallest absolute Gasteiger partial charge is 0.173 e. The minimum atomic E-state index is -1.13. The molecule has 0 aromatic heterocycles. The first-order valence-electron chi connectivity index (χ1n) is 2.55. The second-order valence-corrected chi connectivity index (χ2v) is 2.01. The minimum absolute atomic E-state index is 0.498. The molecule has 0 radical (unpaired) electrons. The normalized spacial score (nSPS) is 14.1. The summed E-state index contributed by atoms with van der Waals surface area (Å²) in [6.07, 6.45) is 2.41. The van der Waals surface area contributed by atoms with Crippen LogP contribution in [0.3, 0.4) is 0 Å². The monoisotopic (exact) mass is 124 g/mol. The molecule has 0 amide bonds. The van der Waals surface area contributed by atoms with E-state index < -0.39 is 5.63 Å². The fourth-order valence-corrected chi connectivity index (χ4v) is 0.513. The van der Waals surface area contributed by atoms with Gasteiger partial charge in [-0.25, -0.2) is 4.39 Å². The maximum atomic E-state index is 11.7. The lowest BCUT2D eigenvalue weighted by Crippen LogP contribution is -1.85. The molecule has 0 N–H and O–H groups in total. The summed E-state index contributed by atoms with van der Waals surface area (Å²) in [6, 6.07) is 0. The molecule has 0 aliphatic rings. The molecule has 2 heteroatoms. The lowest BCUT2D eigenvalue weighted by atomic mass is 10.3. The average molecular weight is 125 g/mol. The van der Waals surface area contributed by atoms with E-state index in [1.807, 2.05) is 6.92 Å². The standard InChI is InChI=1S/C5H10ClF/c1-2-3-4-5(6)7/h5H,2-4H2,1H3. The van der Waals surface area contributed by atoms with Gasteiger partial charge >= 0.3 is 0 Å². The Balaban J connectivity index is 2.68. The summed E-state index contributed by atoms with van der Waals surface area (Å²) in [4.78, 5) is 0. The molecule has 0 rings (SSSR count). The summed E-state index contributed by atoms with van der Waals surface area (Å²) in [5.74, 6) is 0. The molecule has 1 unspecified atom stereocenters. The summed E-state index contributed by atoms with van der Waals surface area (Å²) < 4.78 is 11.7. The second kappa shape index (κ2) is 4.38. The number of alkyl halides is 2. The molecule has 0 aliphatic carbocycles. The van der Waals surface area contributed by atoms with Gasteiger partial charge in [0.2, 0.25) is 0 Å². The van der Waals surface area contributed by atoms with Gasteiger partial charge in [-0.1, -0.05) is 24.9 Å². The predicted octanol–water partition coefficient (Wildman–Crippen LogP) is 2.71. The van der Waals surface area contributed by atoms with Crippen molar-refractivity contribution in [2.45, 2.75) is 31.8 Å². The highest BCUT2D eigenvalue weighted by atomic mass is 35.5. The van der Waals surface area contributed by atoms with Crippen LogP contribution in [0.15, 0.2) is 0 Å². The van der Waals surface area contributed by atoms with E-state index in [-0.39, 0.29) is 0 Å². The van der Waals surface area contributed by atoms with Gasteiger partial charge in [0.05, 0.1) is 0 Å². The largest absolute Gasteiger partial charge is 0.230 e. The lowest BCUT2D eigenvalue weighted by Gasteiger charge is -1.93. The summed E-state index contributed by atoms with van der Waals surface area (Å²) in [6.45, 7) is 2.01. The average Bonchev–Trinajstić information content (AvgIpc) is 1.61. The van der Waals surface area contributed by atoms with Gasteiger partial charge < -0.3 is 0 Å². The first-order chi connectivity index (χ1) is 3.27. The minimum Gasteiger partial charge on any atom is -0.230 e. The Bertz CT molecular complexity index is 37.1. The van der Waals surface area contributed by atoms with Gasteiger partial charge in [-0.2, -0.15) is 0 Å². The molecule has 0 aliphatic heterocycles. The molecule has 0 fully saturated rings. The Morgan fingerprint density at radius 2 is 2.29 bits per heavy atom. The second-order valence-electron chi connectivity index (χ2n) is 1.53. The van der Waals surface area contributed by atoms with Gasteiger partial charge in [0.15, 0.2) is 5.63 Å². The third kappa shape index (κ3) is 6.22. The predicted molar refractivity (Wildman–Crippen MR) is 30.3 cm³/mol. The van der Waals surface area contributed by atoms with Crippen molar-refractivity contribution in [3.63, 3.8) is 0 Å². The third-order valence-electron chi connectivity index (χ3n) is 0.776. The molecule has 0 aromatic rings. The van der Waals surface area contributed by atoms with Crippen LogP contribution in [0.2, 0.25) is 0 Å². The van der Waals surface area contributed by atoms with Gasteiger partial charge in [-0.05, 0) is 12.8 Å². The molecule has 7 heavy (non-hydrogen) atoms.